The van der Waals surface area contributed by atoms with E-state index >= 15 is 0 Å². The smallest absolute Gasteiger partial charge is 0.382 e. The van der Waals surface area contributed by atoms with Crippen molar-refractivity contribution in [3.8, 4) is 0 Å². The van der Waals surface area contributed by atoms with E-state index in [2.05, 4.69) is 26.9 Å². The molecule has 33 heavy (non-hydrogen) atoms. The summed E-state index contributed by atoms with van der Waals surface area (Å²) in [6.45, 7) is 7.97. The number of hydrogen-bond donors (Lipinski definition) is 1. The molecule has 0 aromatic heterocycles. The van der Waals surface area contributed by atoms with Gasteiger partial charge in [0.05, 0.1) is 12.0 Å². The van der Waals surface area contributed by atoms with Crippen molar-refractivity contribution in [2.75, 3.05) is 56.0 Å². The molecule has 0 spiro atoms. The molecule has 3 aliphatic rings. The van der Waals surface area contributed by atoms with Gasteiger partial charge in [0.2, 0.25) is 0 Å². The zero-order chi connectivity index (χ0) is 23.4. The molecule has 3 saturated heterocycles. The van der Waals surface area contributed by atoms with Crippen LogP contribution in [0.2, 0.25) is 0 Å². The predicted octanol–water partition coefficient (Wildman–Crippen LogP) is 4.40. The number of rotatable bonds is 7. The van der Waals surface area contributed by atoms with E-state index in [-0.39, 0.29) is 18.9 Å². The Morgan fingerprint density at radius 3 is 2.24 bits per heavy atom. The largest absolute Gasteiger partial charge is 0.391 e. The predicted molar refractivity (Wildman–Crippen MR) is 126 cm³/mol. The minimum absolute atomic E-state index is 0.114. The number of carbonyl (C=O) groups excluding carboxylic acids is 1. The second-order valence-corrected chi connectivity index (χ2v) is 9.76. The first-order valence-electron chi connectivity index (χ1n) is 12.5. The SMILES string of the molecule is CCN1CCC(=O)C1CCN1CCC(Nc2ccc(N3CCC(C(F)(F)F)CC3)cc2)CC1. The quantitative estimate of drug-likeness (QED) is 0.645. The average Bonchev–Trinajstić information content (AvgIpc) is 3.18. The van der Waals surface area contributed by atoms with Crippen LogP contribution in [-0.2, 0) is 4.79 Å². The van der Waals surface area contributed by atoms with Crippen LogP contribution in [0.25, 0.3) is 0 Å². The fourth-order valence-corrected chi connectivity index (χ4v) is 5.58. The summed E-state index contributed by atoms with van der Waals surface area (Å²) in [7, 11) is 0. The van der Waals surface area contributed by atoms with Gasteiger partial charge in [-0.1, -0.05) is 6.92 Å². The molecule has 3 heterocycles. The first-order valence-corrected chi connectivity index (χ1v) is 12.5. The van der Waals surface area contributed by atoms with Crippen molar-refractivity contribution in [2.24, 2.45) is 5.92 Å². The maximum atomic E-state index is 12.9. The van der Waals surface area contributed by atoms with E-state index in [1.165, 1.54) is 0 Å². The lowest BCUT2D eigenvalue weighted by atomic mass is 9.96. The number of anilines is 2. The Hall–Kier alpha value is -1.80. The van der Waals surface area contributed by atoms with Crippen molar-refractivity contribution in [1.82, 2.24) is 9.80 Å². The Morgan fingerprint density at radius 2 is 1.64 bits per heavy atom. The normalized spacial score (nSPS) is 24.5. The first kappa shape index (κ1) is 24.3. The van der Waals surface area contributed by atoms with Gasteiger partial charge in [0.15, 0.2) is 5.78 Å². The molecule has 8 heteroatoms. The minimum Gasteiger partial charge on any atom is -0.382 e. The van der Waals surface area contributed by atoms with Crippen LogP contribution in [0.1, 0.15) is 45.4 Å². The lowest BCUT2D eigenvalue weighted by Gasteiger charge is -2.35. The number of piperidine rings is 2. The maximum Gasteiger partial charge on any atom is 0.391 e. The summed E-state index contributed by atoms with van der Waals surface area (Å²) in [5, 5.41) is 3.62. The number of nitrogens with zero attached hydrogens (tertiary/aromatic N) is 3. The Kier molecular flexibility index (Phi) is 7.84. The Labute approximate surface area is 195 Å². The van der Waals surface area contributed by atoms with Crippen LogP contribution in [0.3, 0.4) is 0 Å². The molecule has 3 aliphatic heterocycles. The Balaban J connectivity index is 1.18. The van der Waals surface area contributed by atoms with Crippen molar-refractivity contribution in [3.63, 3.8) is 0 Å². The molecular weight excluding hydrogens is 429 g/mol. The highest BCUT2D eigenvalue weighted by molar-refractivity contribution is 5.86. The summed E-state index contributed by atoms with van der Waals surface area (Å²) >= 11 is 0. The fraction of sp³-hybridized carbons (Fsp3) is 0.720. The molecule has 1 unspecified atom stereocenters. The topological polar surface area (TPSA) is 38.8 Å². The van der Waals surface area contributed by atoms with Crippen LogP contribution in [0, 0.1) is 5.92 Å². The number of carbonyl (C=O) groups is 1. The molecule has 0 aliphatic carbocycles. The van der Waals surface area contributed by atoms with Crippen LogP contribution in [0.15, 0.2) is 24.3 Å². The summed E-state index contributed by atoms with van der Waals surface area (Å²) in [4.78, 5) is 19.0. The number of likely N-dealkylation sites (tertiary alicyclic amines) is 2. The van der Waals surface area contributed by atoms with Crippen LogP contribution < -0.4 is 10.2 Å². The van der Waals surface area contributed by atoms with E-state index in [4.69, 9.17) is 0 Å². The van der Waals surface area contributed by atoms with E-state index in [0.717, 1.165) is 63.4 Å². The standard InChI is InChI=1S/C25H37F3N4O/c1-2-31-18-12-24(33)23(31)11-15-30-13-9-21(10-14-30)29-20-3-5-22(6-4-20)32-16-7-19(8-17-32)25(26,27)28/h3-6,19,21,23,29H,2,7-18H2,1H3. The summed E-state index contributed by atoms with van der Waals surface area (Å²) in [5.41, 5.74) is 2.07. The number of hydrogen-bond acceptors (Lipinski definition) is 5. The van der Waals surface area contributed by atoms with E-state index in [9.17, 15) is 18.0 Å². The summed E-state index contributed by atoms with van der Waals surface area (Å²) < 4.78 is 38.7. The Bertz CT molecular complexity index is 769. The fourth-order valence-electron chi connectivity index (χ4n) is 5.58. The van der Waals surface area contributed by atoms with Crippen molar-refractivity contribution in [2.45, 2.75) is 63.7 Å². The van der Waals surface area contributed by atoms with Gasteiger partial charge in [-0.3, -0.25) is 9.69 Å². The van der Waals surface area contributed by atoms with Crippen LogP contribution in [-0.4, -0.2) is 79.7 Å². The van der Waals surface area contributed by atoms with Gasteiger partial charge in [0.25, 0.3) is 0 Å². The first-order chi connectivity index (χ1) is 15.8. The number of alkyl halides is 3. The molecule has 3 fully saturated rings. The molecule has 1 atom stereocenters. The highest BCUT2D eigenvalue weighted by atomic mass is 19.4. The van der Waals surface area contributed by atoms with Crippen LogP contribution in [0.5, 0.6) is 0 Å². The summed E-state index contributed by atoms with van der Waals surface area (Å²) in [5.74, 6) is -0.758. The lowest BCUT2D eigenvalue weighted by Crippen LogP contribution is -2.42. The van der Waals surface area contributed by atoms with Gasteiger partial charge >= 0.3 is 6.18 Å². The molecular formula is C25H37F3N4O. The van der Waals surface area contributed by atoms with Gasteiger partial charge in [-0.25, -0.2) is 0 Å². The van der Waals surface area contributed by atoms with Crippen molar-refractivity contribution >= 4 is 17.2 Å². The molecule has 0 bridgehead atoms. The highest BCUT2D eigenvalue weighted by Crippen LogP contribution is 2.35. The van der Waals surface area contributed by atoms with Crippen molar-refractivity contribution < 1.29 is 18.0 Å². The maximum absolute atomic E-state index is 12.9. The molecule has 0 saturated carbocycles. The lowest BCUT2D eigenvalue weighted by molar-refractivity contribution is -0.179. The number of Topliss-reactive ketones (excluding diaryl/α,β-unsaturated/α-hetero) is 1. The number of benzene rings is 1. The molecule has 0 amide bonds. The van der Waals surface area contributed by atoms with Crippen molar-refractivity contribution in [3.05, 3.63) is 24.3 Å². The van der Waals surface area contributed by atoms with Gasteiger partial charge in [-0.2, -0.15) is 13.2 Å². The van der Waals surface area contributed by atoms with E-state index in [0.29, 0.717) is 31.3 Å². The third-order valence-corrected chi connectivity index (χ3v) is 7.73. The molecule has 0 radical (unpaired) electrons. The molecule has 1 N–H and O–H groups in total. The molecule has 1 aromatic rings. The summed E-state index contributed by atoms with van der Waals surface area (Å²) in [6, 6.07) is 8.66. The summed E-state index contributed by atoms with van der Waals surface area (Å²) in [6.07, 6.45) is 0.0628. The van der Waals surface area contributed by atoms with Crippen LogP contribution in [0.4, 0.5) is 24.5 Å². The second-order valence-electron chi connectivity index (χ2n) is 9.76. The molecule has 5 nitrogen and oxygen atoms in total. The van der Waals surface area contributed by atoms with E-state index in [1.54, 1.807) is 0 Å². The van der Waals surface area contributed by atoms with Gasteiger partial charge in [-0.05, 0) is 62.9 Å². The number of nitrogens with one attached hydrogen (secondary N) is 1. The van der Waals surface area contributed by atoms with Gasteiger partial charge in [-0.15, -0.1) is 0 Å². The third-order valence-electron chi connectivity index (χ3n) is 7.73. The van der Waals surface area contributed by atoms with Crippen molar-refractivity contribution in [1.29, 1.82) is 0 Å². The highest BCUT2D eigenvalue weighted by Gasteiger charge is 2.41. The van der Waals surface area contributed by atoms with Gasteiger partial charge in [0, 0.05) is 63.1 Å². The zero-order valence-electron chi connectivity index (χ0n) is 19.6. The molecule has 1 aromatic carbocycles. The Morgan fingerprint density at radius 1 is 0.970 bits per heavy atom. The number of halogens is 3. The van der Waals surface area contributed by atoms with Gasteiger partial charge < -0.3 is 15.1 Å². The molecule has 4 rings (SSSR count). The van der Waals surface area contributed by atoms with Crippen LogP contribution >= 0.6 is 0 Å². The van der Waals surface area contributed by atoms with E-state index < -0.39 is 12.1 Å². The van der Waals surface area contributed by atoms with E-state index in [1.807, 2.05) is 24.3 Å². The second kappa shape index (κ2) is 10.6. The number of ketones is 1. The minimum atomic E-state index is -4.07. The third kappa shape index (κ3) is 6.21. The van der Waals surface area contributed by atoms with Gasteiger partial charge in [0.1, 0.15) is 0 Å². The monoisotopic (exact) mass is 466 g/mol. The number of likely N-dealkylation sites (N-methyl/N-ethyl adjacent to an activating group) is 1. The average molecular weight is 467 g/mol. The zero-order valence-corrected chi connectivity index (χ0v) is 19.6. The molecule has 184 valence electrons.